The Bertz CT molecular complexity index is 653. The number of hydrogen-bond acceptors (Lipinski definition) is 6. The number of hydrogen-bond donors (Lipinski definition) is 2. The summed E-state index contributed by atoms with van der Waals surface area (Å²) in [5.74, 6) is 0.371. The van der Waals surface area contributed by atoms with Crippen LogP contribution in [0.3, 0.4) is 0 Å². The van der Waals surface area contributed by atoms with E-state index in [-0.39, 0.29) is 11.3 Å². The Hall–Kier alpha value is -1.51. The number of aromatic nitrogens is 4. The van der Waals surface area contributed by atoms with Crippen LogP contribution < -0.4 is 5.73 Å². The molecule has 0 bridgehead atoms. The number of aryl methyl sites for hydroxylation is 1. The fourth-order valence-corrected chi connectivity index (χ4v) is 3.97. The number of nitrogens with zero attached hydrogens (tertiary/aromatic N) is 4. The summed E-state index contributed by atoms with van der Waals surface area (Å²) in [5, 5.41) is 10.6. The predicted molar refractivity (Wildman–Crippen MR) is 92.5 cm³/mol. The molecule has 2 atom stereocenters. The number of rotatable bonds is 6. The molecule has 0 fully saturated rings. The first-order valence-electron chi connectivity index (χ1n) is 7.76. The Morgan fingerprint density at radius 2 is 2.00 bits per heavy atom. The molecule has 2 aromatic rings. The van der Waals surface area contributed by atoms with Crippen LogP contribution in [0.25, 0.3) is 11.2 Å². The van der Waals surface area contributed by atoms with Gasteiger partial charge in [-0.15, -0.1) is 0 Å². The number of ether oxygens (including phenoxy) is 1. The Kier molecular flexibility index (Phi) is 5.38. The third kappa shape index (κ3) is 4.49. The van der Waals surface area contributed by atoms with Gasteiger partial charge in [0.1, 0.15) is 11.8 Å². The molecule has 0 aliphatic heterocycles. The van der Waals surface area contributed by atoms with Gasteiger partial charge in [-0.2, -0.15) is 0 Å². The van der Waals surface area contributed by atoms with Crippen LogP contribution in [0.5, 0.6) is 0 Å². The first-order valence-corrected chi connectivity index (χ1v) is 10.3. The van der Waals surface area contributed by atoms with Gasteiger partial charge in [-0.1, -0.05) is 13.1 Å². The number of anilines is 1. The van der Waals surface area contributed by atoms with Crippen molar-refractivity contribution in [3.8, 4) is 0 Å². The van der Waals surface area contributed by atoms with Crippen LogP contribution >= 0.6 is 0 Å². The molecule has 0 spiro atoms. The summed E-state index contributed by atoms with van der Waals surface area (Å²) >= 11 is 0. The van der Waals surface area contributed by atoms with Crippen LogP contribution in [0, 0.1) is 0 Å². The lowest BCUT2D eigenvalue weighted by Crippen LogP contribution is -2.44. The van der Waals surface area contributed by atoms with Crippen molar-refractivity contribution in [2.24, 2.45) is 0 Å². The molecule has 3 N–H and O–H groups in total. The Balaban J connectivity index is 2.07. The Morgan fingerprint density at radius 1 is 1.30 bits per heavy atom. The molecule has 2 aromatic heterocycles. The van der Waals surface area contributed by atoms with Crippen LogP contribution in [0.2, 0.25) is 13.1 Å². The monoisotopic (exact) mass is 336 g/mol. The highest BCUT2D eigenvalue weighted by molar-refractivity contribution is 6.57. The fraction of sp³-hybridized carbons (Fsp3) is 0.667. The van der Waals surface area contributed by atoms with Gasteiger partial charge in [0.15, 0.2) is 11.5 Å². The lowest BCUT2D eigenvalue weighted by molar-refractivity contribution is -0.0776. The van der Waals surface area contributed by atoms with Crippen molar-refractivity contribution in [3.05, 3.63) is 12.7 Å². The van der Waals surface area contributed by atoms with E-state index in [4.69, 9.17) is 10.5 Å². The molecule has 2 rings (SSSR count). The highest BCUT2D eigenvalue weighted by Gasteiger charge is 2.29. The van der Waals surface area contributed by atoms with Gasteiger partial charge in [0, 0.05) is 6.54 Å². The maximum atomic E-state index is 10.6. The average molecular weight is 336 g/mol. The van der Waals surface area contributed by atoms with E-state index >= 15 is 0 Å². The number of aliphatic hydroxyl groups excluding tert-OH is 1. The van der Waals surface area contributed by atoms with Crippen molar-refractivity contribution < 1.29 is 9.84 Å². The van der Waals surface area contributed by atoms with Crippen LogP contribution in [0.4, 0.5) is 5.82 Å². The van der Waals surface area contributed by atoms with Gasteiger partial charge in [0.2, 0.25) is 0 Å². The van der Waals surface area contributed by atoms with Crippen LogP contribution in [-0.4, -0.2) is 50.9 Å². The molecule has 0 saturated heterocycles. The molecule has 0 aromatic carbocycles. The smallest absolute Gasteiger partial charge is 0.165 e. The molecule has 127 valence electrons. The summed E-state index contributed by atoms with van der Waals surface area (Å²) < 4.78 is 7.95. The second-order valence-electron chi connectivity index (χ2n) is 6.95. The van der Waals surface area contributed by atoms with Gasteiger partial charge in [-0.25, -0.2) is 15.0 Å². The molecule has 0 saturated carbocycles. The largest absolute Gasteiger partial charge is 0.391 e. The van der Waals surface area contributed by atoms with E-state index in [0.717, 1.165) is 0 Å². The van der Waals surface area contributed by atoms with Gasteiger partial charge in [-0.3, -0.25) is 0 Å². The highest BCUT2D eigenvalue weighted by Crippen LogP contribution is 2.19. The molecule has 1 radical (unpaired) electrons. The van der Waals surface area contributed by atoms with Crippen molar-refractivity contribution >= 4 is 25.8 Å². The molecular weight excluding hydrogens is 310 g/mol. The zero-order valence-corrected chi connectivity index (χ0v) is 15.4. The summed E-state index contributed by atoms with van der Waals surface area (Å²) in [6.45, 7) is 11.0. The quantitative estimate of drug-likeness (QED) is 0.778. The van der Waals surface area contributed by atoms with Crippen molar-refractivity contribution in [1.82, 2.24) is 19.5 Å². The van der Waals surface area contributed by atoms with Crippen molar-refractivity contribution in [2.75, 3.05) is 5.73 Å². The lowest BCUT2D eigenvalue weighted by atomic mass is 10.2. The lowest BCUT2D eigenvalue weighted by Gasteiger charge is -2.33. The second-order valence-corrected chi connectivity index (χ2v) is 9.68. The van der Waals surface area contributed by atoms with Crippen molar-refractivity contribution in [2.45, 2.75) is 64.3 Å². The summed E-state index contributed by atoms with van der Waals surface area (Å²) in [6.07, 6.45) is 3.17. The Labute approximate surface area is 138 Å². The summed E-state index contributed by atoms with van der Waals surface area (Å²) in [5.41, 5.74) is 6.70. The number of imidazole rings is 1. The zero-order valence-electron chi connectivity index (χ0n) is 14.4. The molecule has 2 heterocycles. The van der Waals surface area contributed by atoms with E-state index in [9.17, 15) is 5.11 Å². The SMILES string of the molecule is C[Si](C)C(OC(C)(C)C)C(O)CCn1cnc2c(N)ncnc21. The van der Waals surface area contributed by atoms with Gasteiger partial charge in [-0.05, 0) is 27.2 Å². The minimum atomic E-state index is -0.787. The van der Waals surface area contributed by atoms with Gasteiger partial charge in [0.05, 0.1) is 32.6 Å². The molecule has 0 aliphatic carbocycles. The molecule has 8 heteroatoms. The third-order valence-corrected chi connectivity index (χ3v) is 5.14. The maximum absolute atomic E-state index is 10.6. The first kappa shape index (κ1) is 17.8. The fourth-order valence-electron chi connectivity index (χ4n) is 2.45. The second kappa shape index (κ2) is 6.94. The molecule has 0 aliphatic rings. The van der Waals surface area contributed by atoms with Gasteiger partial charge < -0.3 is 20.1 Å². The van der Waals surface area contributed by atoms with Crippen LogP contribution in [-0.2, 0) is 11.3 Å². The number of fused-ring (bicyclic) bond motifs is 1. The van der Waals surface area contributed by atoms with E-state index in [2.05, 4.69) is 28.0 Å². The van der Waals surface area contributed by atoms with Gasteiger partial charge in [0.25, 0.3) is 0 Å². The van der Waals surface area contributed by atoms with E-state index < -0.39 is 14.9 Å². The molecule has 0 amide bonds. The zero-order chi connectivity index (χ0) is 17.2. The maximum Gasteiger partial charge on any atom is 0.165 e. The standard InChI is InChI=1S/C15H26N5O2Si/c1-15(2,3)22-14(23(4)5)10(21)6-7-20-9-19-11-12(16)17-8-18-13(11)20/h8-10,14,21H,6-7H2,1-5H3,(H2,16,17,18). The van der Waals surface area contributed by atoms with E-state index in [1.165, 1.54) is 6.33 Å². The van der Waals surface area contributed by atoms with Gasteiger partial charge >= 0.3 is 0 Å². The van der Waals surface area contributed by atoms with Crippen molar-refractivity contribution in [3.63, 3.8) is 0 Å². The molecule has 2 unspecified atom stereocenters. The highest BCUT2D eigenvalue weighted by atomic mass is 28.3. The molecule has 23 heavy (non-hydrogen) atoms. The molecule has 7 nitrogen and oxygen atoms in total. The van der Waals surface area contributed by atoms with E-state index in [1.54, 1.807) is 6.33 Å². The normalized spacial score (nSPS) is 15.3. The summed E-state index contributed by atoms with van der Waals surface area (Å²) in [4.78, 5) is 12.4. The summed E-state index contributed by atoms with van der Waals surface area (Å²) in [7, 11) is -0.787. The minimum Gasteiger partial charge on any atom is -0.391 e. The van der Waals surface area contributed by atoms with E-state index in [0.29, 0.717) is 29.9 Å². The summed E-state index contributed by atoms with van der Waals surface area (Å²) in [6, 6.07) is 0. The van der Waals surface area contributed by atoms with Crippen molar-refractivity contribution in [1.29, 1.82) is 0 Å². The average Bonchev–Trinajstić information content (AvgIpc) is 2.85. The molecular formula is C15H26N5O2Si. The predicted octanol–water partition coefficient (Wildman–Crippen LogP) is 1.64. The van der Waals surface area contributed by atoms with Crippen LogP contribution in [0.15, 0.2) is 12.7 Å². The van der Waals surface area contributed by atoms with Crippen LogP contribution in [0.1, 0.15) is 27.2 Å². The number of aliphatic hydroxyl groups is 1. The minimum absolute atomic E-state index is 0.116. The van der Waals surface area contributed by atoms with E-state index in [1.807, 2.05) is 25.3 Å². The number of nitrogens with two attached hydrogens (primary N) is 1. The topological polar surface area (TPSA) is 99.1 Å². The first-order chi connectivity index (χ1) is 10.7. The Morgan fingerprint density at radius 3 is 2.61 bits per heavy atom. The number of nitrogen functional groups attached to an aromatic ring is 1. The third-order valence-electron chi connectivity index (χ3n) is 3.49.